The SMILES string of the molecule is COc1cccc(-c2noc3sccc23)c1. The van der Waals surface area contributed by atoms with Gasteiger partial charge in [-0.1, -0.05) is 17.3 Å². The summed E-state index contributed by atoms with van der Waals surface area (Å²) in [4.78, 5) is 0.859. The van der Waals surface area contributed by atoms with Gasteiger partial charge in [0.15, 0.2) is 0 Å². The molecule has 0 unspecified atom stereocenters. The van der Waals surface area contributed by atoms with Crippen LogP contribution in [0.1, 0.15) is 0 Å². The molecule has 0 bridgehead atoms. The number of aromatic nitrogens is 1. The highest BCUT2D eigenvalue weighted by Crippen LogP contribution is 2.32. The summed E-state index contributed by atoms with van der Waals surface area (Å²) >= 11 is 1.55. The van der Waals surface area contributed by atoms with Crippen LogP contribution >= 0.6 is 11.3 Å². The Morgan fingerprint density at radius 1 is 1.31 bits per heavy atom. The third-order valence-corrected chi connectivity index (χ3v) is 3.23. The molecular weight excluding hydrogens is 222 g/mol. The third kappa shape index (κ3) is 1.39. The predicted molar refractivity (Wildman–Crippen MR) is 63.9 cm³/mol. The monoisotopic (exact) mass is 231 g/mol. The Labute approximate surface area is 96.3 Å². The van der Waals surface area contributed by atoms with Gasteiger partial charge in [-0.15, -0.1) is 11.3 Å². The topological polar surface area (TPSA) is 35.3 Å². The number of benzene rings is 1. The predicted octanol–water partition coefficient (Wildman–Crippen LogP) is 3.56. The fourth-order valence-corrected chi connectivity index (χ4v) is 2.36. The standard InChI is InChI=1S/C12H9NO2S/c1-14-9-4-2-3-8(7-9)11-10-5-6-16-12(10)15-13-11/h2-7H,1H3. The Hall–Kier alpha value is -1.81. The quantitative estimate of drug-likeness (QED) is 0.676. The van der Waals surface area contributed by atoms with E-state index in [1.165, 1.54) is 0 Å². The first-order valence-corrected chi connectivity index (χ1v) is 5.74. The summed E-state index contributed by atoms with van der Waals surface area (Å²) in [6.45, 7) is 0. The largest absolute Gasteiger partial charge is 0.497 e. The summed E-state index contributed by atoms with van der Waals surface area (Å²) < 4.78 is 10.4. The molecule has 4 heteroatoms. The molecule has 80 valence electrons. The molecule has 0 aliphatic heterocycles. The van der Waals surface area contributed by atoms with Crippen molar-refractivity contribution in [1.82, 2.24) is 5.16 Å². The number of rotatable bonds is 2. The van der Waals surface area contributed by atoms with Crippen LogP contribution in [0, 0.1) is 0 Å². The highest BCUT2D eigenvalue weighted by molar-refractivity contribution is 7.16. The number of thiophene rings is 1. The lowest BCUT2D eigenvalue weighted by Gasteiger charge is -2.00. The number of nitrogens with zero attached hydrogens (tertiary/aromatic N) is 1. The van der Waals surface area contributed by atoms with Gasteiger partial charge < -0.3 is 9.26 Å². The van der Waals surface area contributed by atoms with E-state index >= 15 is 0 Å². The smallest absolute Gasteiger partial charge is 0.221 e. The summed E-state index contributed by atoms with van der Waals surface area (Å²) in [5, 5.41) is 7.13. The molecule has 0 spiro atoms. The van der Waals surface area contributed by atoms with Crippen molar-refractivity contribution >= 4 is 21.6 Å². The first-order valence-electron chi connectivity index (χ1n) is 4.86. The van der Waals surface area contributed by atoms with Gasteiger partial charge in [0, 0.05) is 5.56 Å². The lowest BCUT2D eigenvalue weighted by Crippen LogP contribution is -1.83. The Kier molecular flexibility index (Phi) is 2.15. The summed E-state index contributed by atoms with van der Waals surface area (Å²) in [6.07, 6.45) is 0. The van der Waals surface area contributed by atoms with E-state index < -0.39 is 0 Å². The minimum Gasteiger partial charge on any atom is -0.497 e. The Balaban J connectivity index is 2.19. The van der Waals surface area contributed by atoms with Crippen LogP contribution < -0.4 is 4.74 Å². The van der Waals surface area contributed by atoms with E-state index in [1.54, 1.807) is 18.4 Å². The van der Waals surface area contributed by atoms with E-state index in [0.29, 0.717) is 0 Å². The van der Waals surface area contributed by atoms with Gasteiger partial charge in [0.2, 0.25) is 4.90 Å². The first kappa shape index (κ1) is 9.42. The number of methoxy groups -OCH3 is 1. The van der Waals surface area contributed by atoms with Gasteiger partial charge in [0.05, 0.1) is 12.5 Å². The van der Waals surface area contributed by atoms with E-state index in [4.69, 9.17) is 9.26 Å². The minimum absolute atomic E-state index is 0.823. The lowest BCUT2D eigenvalue weighted by molar-refractivity contribution is 0.415. The molecule has 3 rings (SSSR count). The van der Waals surface area contributed by atoms with Crippen LogP contribution in [0.2, 0.25) is 0 Å². The minimum atomic E-state index is 0.823. The Morgan fingerprint density at radius 3 is 3.12 bits per heavy atom. The van der Waals surface area contributed by atoms with Crippen LogP contribution in [-0.4, -0.2) is 12.3 Å². The number of fused-ring (bicyclic) bond motifs is 1. The van der Waals surface area contributed by atoms with Crippen LogP contribution in [0.15, 0.2) is 40.2 Å². The van der Waals surface area contributed by atoms with Gasteiger partial charge in [0.25, 0.3) is 0 Å². The fraction of sp³-hybridized carbons (Fsp3) is 0.0833. The van der Waals surface area contributed by atoms with Crippen molar-refractivity contribution in [3.05, 3.63) is 35.7 Å². The van der Waals surface area contributed by atoms with Crippen molar-refractivity contribution in [1.29, 1.82) is 0 Å². The molecule has 0 saturated heterocycles. The van der Waals surface area contributed by atoms with Crippen LogP contribution in [0.5, 0.6) is 5.75 Å². The van der Waals surface area contributed by atoms with Crippen LogP contribution in [-0.2, 0) is 0 Å². The molecule has 3 aromatic rings. The highest BCUT2D eigenvalue weighted by Gasteiger charge is 2.11. The maximum Gasteiger partial charge on any atom is 0.221 e. The van der Waals surface area contributed by atoms with Crippen molar-refractivity contribution in [3.8, 4) is 17.0 Å². The molecule has 0 aliphatic rings. The maximum atomic E-state index is 5.24. The van der Waals surface area contributed by atoms with Gasteiger partial charge in [0.1, 0.15) is 11.4 Å². The maximum absolute atomic E-state index is 5.24. The molecule has 3 nitrogen and oxygen atoms in total. The van der Waals surface area contributed by atoms with E-state index in [1.807, 2.05) is 35.7 Å². The van der Waals surface area contributed by atoms with Gasteiger partial charge in [-0.05, 0) is 23.6 Å². The Morgan fingerprint density at radius 2 is 2.25 bits per heavy atom. The average Bonchev–Trinajstić information content (AvgIpc) is 2.90. The molecule has 0 aliphatic carbocycles. The average molecular weight is 231 g/mol. The normalized spacial score (nSPS) is 10.8. The van der Waals surface area contributed by atoms with Gasteiger partial charge in [-0.3, -0.25) is 0 Å². The van der Waals surface area contributed by atoms with E-state index in [0.717, 1.165) is 27.3 Å². The molecule has 0 saturated carbocycles. The second kappa shape index (κ2) is 3.64. The summed E-state index contributed by atoms with van der Waals surface area (Å²) in [5.74, 6) is 0.823. The molecular formula is C12H9NO2S. The molecule has 16 heavy (non-hydrogen) atoms. The van der Waals surface area contributed by atoms with Crippen molar-refractivity contribution in [2.75, 3.05) is 7.11 Å². The molecule has 2 aromatic heterocycles. The summed E-state index contributed by atoms with van der Waals surface area (Å²) in [7, 11) is 1.65. The zero-order chi connectivity index (χ0) is 11.0. The summed E-state index contributed by atoms with van der Waals surface area (Å²) in [6, 6.07) is 9.83. The van der Waals surface area contributed by atoms with E-state index in [2.05, 4.69) is 5.16 Å². The van der Waals surface area contributed by atoms with Crippen molar-refractivity contribution in [2.24, 2.45) is 0 Å². The molecule has 1 aromatic carbocycles. The van der Waals surface area contributed by atoms with Crippen molar-refractivity contribution in [2.45, 2.75) is 0 Å². The second-order valence-corrected chi connectivity index (χ2v) is 4.26. The van der Waals surface area contributed by atoms with Crippen molar-refractivity contribution in [3.63, 3.8) is 0 Å². The molecule has 0 fully saturated rings. The number of hydrogen-bond acceptors (Lipinski definition) is 4. The lowest BCUT2D eigenvalue weighted by atomic mass is 10.1. The van der Waals surface area contributed by atoms with Crippen LogP contribution in [0.4, 0.5) is 0 Å². The van der Waals surface area contributed by atoms with Crippen LogP contribution in [0.3, 0.4) is 0 Å². The van der Waals surface area contributed by atoms with Gasteiger partial charge >= 0.3 is 0 Å². The van der Waals surface area contributed by atoms with Crippen LogP contribution in [0.25, 0.3) is 21.5 Å². The molecule has 0 N–H and O–H groups in total. The Bertz CT molecular complexity index is 627. The third-order valence-electron chi connectivity index (χ3n) is 2.45. The van der Waals surface area contributed by atoms with Crippen molar-refractivity contribution < 1.29 is 9.26 Å². The fourth-order valence-electron chi connectivity index (χ4n) is 1.66. The van der Waals surface area contributed by atoms with Gasteiger partial charge in [-0.25, -0.2) is 0 Å². The zero-order valence-corrected chi connectivity index (χ0v) is 9.45. The number of hydrogen-bond donors (Lipinski definition) is 0. The molecule has 0 atom stereocenters. The van der Waals surface area contributed by atoms with Gasteiger partial charge in [-0.2, -0.15) is 0 Å². The number of ether oxygens (including phenoxy) is 1. The second-order valence-electron chi connectivity index (χ2n) is 3.38. The summed E-state index contributed by atoms with van der Waals surface area (Å²) in [5.41, 5.74) is 1.88. The van der Waals surface area contributed by atoms with E-state index in [9.17, 15) is 0 Å². The van der Waals surface area contributed by atoms with E-state index in [-0.39, 0.29) is 0 Å². The zero-order valence-electron chi connectivity index (χ0n) is 8.64. The molecule has 2 heterocycles. The molecule has 0 radical (unpaired) electrons. The molecule has 0 amide bonds. The highest BCUT2D eigenvalue weighted by atomic mass is 32.1. The first-order chi connectivity index (χ1) is 7.88.